The first-order chi connectivity index (χ1) is 17.8. The van der Waals surface area contributed by atoms with Gasteiger partial charge in [-0.2, -0.15) is 0 Å². The van der Waals surface area contributed by atoms with Crippen molar-refractivity contribution in [1.82, 2.24) is 15.3 Å². The topological polar surface area (TPSA) is 101 Å². The van der Waals surface area contributed by atoms with Crippen molar-refractivity contribution >= 4 is 12.0 Å². The van der Waals surface area contributed by atoms with E-state index in [0.29, 0.717) is 40.9 Å². The first-order valence-electron chi connectivity index (χ1n) is 11.7. The molecule has 0 fully saturated rings. The molecular formula is C28H33N3O6. The van der Waals surface area contributed by atoms with Gasteiger partial charge in [-0.05, 0) is 56.7 Å². The molecule has 1 aromatic heterocycles. The fourth-order valence-electron chi connectivity index (χ4n) is 3.65. The van der Waals surface area contributed by atoms with Crippen molar-refractivity contribution in [1.29, 1.82) is 0 Å². The van der Waals surface area contributed by atoms with Crippen molar-refractivity contribution in [2.24, 2.45) is 0 Å². The standard InChI is InChI=1S/C28H33N3O6/c1-17-18(2)31-22(19(3)30-17)16-37-23-11-8-20(14-25(23)34-5)15-29-26(32)13-10-21-9-12-24(33-4)28(36-7)27(21)35-6/h8-14H,15-16H2,1-7H3,(H,29,32)/b13-10+. The van der Waals surface area contributed by atoms with Gasteiger partial charge < -0.3 is 29.0 Å². The summed E-state index contributed by atoms with van der Waals surface area (Å²) in [4.78, 5) is 21.5. The smallest absolute Gasteiger partial charge is 0.244 e. The van der Waals surface area contributed by atoms with Crippen LogP contribution in [0.15, 0.2) is 36.4 Å². The normalized spacial score (nSPS) is 10.8. The van der Waals surface area contributed by atoms with Gasteiger partial charge in [0.25, 0.3) is 0 Å². The minimum absolute atomic E-state index is 0.264. The second-order valence-corrected chi connectivity index (χ2v) is 8.18. The Balaban J connectivity index is 1.64. The molecule has 0 saturated carbocycles. The lowest BCUT2D eigenvalue weighted by molar-refractivity contribution is -0.116. The summed E-state index contributed by atoms with van der Waals surface area (Å²) in [6.07, 6.45) is 3.09. The lowest BCUT2D eigenvalue weighted by Crippen LogP contribution is -2.20. The fourth-order valence-corrected chi connectivity index (χ4v) is 3.65. The number of hydrogen-bond acceptors (Lipinski definition) is 8. The Kier molecular flexibility index (Phi) is 9.32. The van der Waals surface area contributed by atoms with Crippen LogP contribution in [-0.2, 0) is 17.9 Å². The zero-order valence-electron chi connectivity index (χ0n) is 22.3. The lowest BCUT2D eigenvalue weighted by atomic mass is 10.1. The van der Waals surface area contributed by atoms with E-state index in [9.17, 15) is 4.79 Å². The molecule has 9 nitrogen and oxygen atoms in total. The molecular weight excluding hydrogens is 474 g/mol. The third-order valence-electron chi connectivity index (χ3n) is 5.79. The number of nitrogens with zero attached hydrogens (tertiary/aromatic N) is 2. The van der Waals surface area contributed by atoms with Crippen LogP contribution in [0.4, 0.5) is 0 Å². The highest BCUT2D eigenvalue weighted by Crippen LogP contribution is 2.40. The molecule has 0 saturated heterocycles. The van der Waals surface area contributed by atoms with E-state index in [1.807, 2.05) is 39.0 Å². The van der Waals surface area contributed by atoms with Crippen molar-refractivity contribution in [2.45, 2.75) is 33.9 Å². The summed E-state index contributed by atoms with van der Waals surface area (Å²) in [5.74, 6) is 2.36. The molecule has 9 heteroatoms. The molecule has 1 N–H and O–H groups in total. The van der Waals surface area contributed by atoms with Crippen molar-refractivity contribution in [3.8, 4) is 28.7 Å². The van der Waals surface area contributed by atoms with Crippen LogP contribution in [0.5, 0.6) is 28.7 Å². The van der Waals surface area contributed by atoms with Gasteiger partial charge in [-0.3, -0.25) is 14.8 Å². The van der Waals surface area contributed by atoms with Crippen LogP contribution >= 0.6 is 0 Å². The zero-order chi connectivity index (χ0) is 26.9. The molecule has 0 aliphatic rings. The van der Waals surface area contributed by atoms with Crippen LogP contribution in [0.3, 0.4) is 0 Å². The van der Waals surface area contributed by atoms with Gasteiger partial charge in [0.15, 0.2) is 23.0 Å². The number of amides is 1. The van der Waals surface area contributed by atoms with Gasteiger partial charge in [0.1, 0.15) is 6.61 Å². The summed E-state index contributed by atoms with van der Waals surface area (Å²) >= 11 is 0. The van der Waals surface area contributed by atoms with Crippen molar-refractivity contribution in [3.63, 3.8) is 0 Å². The molecule has 0 radical (unpaired) electrons. The Labute approximate surface area is 217 Å². The second-order valence-electron chi connectivity index (χ2n) is 8.18. The van der Waals surface area contributed by atoms with Gasteiger partial charge in [-0.15, -0.1) is 0 Å². The molecule has 2 aromatic carbocycles. The quantitative estimate of drug-likeness (QED) is 0.383. The van der Waals surface area contributed by atoms with Gasteiger partial charge in [0.05, 0.1) is 51.2 Å². The summed E-state index contributed by atoms with van der Waals surface area (Å²) in [5, 5.41) is 2.87. The van der Waals surface area contributed by atoms with Crippen LogP contribution in [-0.4, -0.2) is 44.3 Å². The molecule has 0 unspecified atom stereocenters. The number of ether oxygens (including phenoxy) is 5. The van der Waals surface area contributed by atoms with Crippen LogP contribution in [0.2, 0.25) is 0 Å². The van der Waals surface area contributed by atoms with Crippen molar-refractivity contribution < 1.29 is 28.5 Å². The summed E-state index contributed by atoms with van der Waals surface area (Å²) in [6, 6.07) is 9.06. The molecule has 0 aliphatic carbocycles. The largest absolute Gasteiger partial charge is 0.493 e. The maximum atomic E-state index is 12.5. The Hall–Kier alpha value is -4.27. The molecule has 0 spiro atoms. The van der Waals surface area contributed by atoms with Crippen LogP contribution in [0.1, 0.15) is 33.9 Å². The first-order valence-corrected chi connectivity index (χ1v) is 11.7. The fraction of sp³-hybridized carbons (Fsp3) is 0.321. The summed E-state index contributed by atoms with van der Waals surface area (Å²) in [6.45, 7) is 6.36. The number of aryl methyl sites for hydroxylation is 3. The Morgan fingerprint density at radius 1 is 0.811 bits per heavy atom. The van der Waals surface area contributed by atoms with E-state index >= 15 is 0 Å². The summed E-state index contributed by atoms with van der Waals surface area (Å²) in [5.41, 5.74) is 4.93. The predicted octanol–water partition coefficient (Wildman–Crippen LogP) is 4.34. The van der Waals surface area contributed by atoms with Crippen molar-refractivity contribution in [3.05, 3.63) is 70.3 Å². The lowest BCUT2D eigenvalue weighted by Gasteiger charge is -2.14. The Bertz CT molecular complexity index is 1290. The van der Waals surface area contributed by atoms with Crippen LogP contribution < -0.4 is 29.0 Å². The highest BCUT2D eigenvalue weighted by molar-refractivity contribution is 5.92. The number of carbonyl (C=O) groups excluding carboxylic acids is 1. The second kappa shape index (κ2) is 12.6. The number of methoxy groups -OCH3 is 4. The third kappa shape index (κ3) is 6.69. The molecule has 1 heterocycles. The number of carbonyl (C=O) groups is 1. The SMILES string of the molecule is COc1cc(CNC(=O)/C=C/c2ccc(OC)c(OC)c2OC)ccc1OCc1nc(C)c(C)nc1C. The molecule has 0 bridgehead atoms. The van der Waals surface area contributed by atoms with Crippen LogP contribution in [0.25, 0.3) is 6.08 Å². The molecule has 3 rings (SSSR count). The van der Waals surface area contributed by atoms with E-state index < -0.39 is 0 Å². The average molecular weight is 508 g/mol. The maximum absolute atomic E-state index is 12.5. The Morgan fingerprint density at radius 3 is 2.16 bits per heavy atom. The highest BCUT2D eigenvalue weighted by atomic mass is 16.5. The molecule has 1 amide bonds. The monoisotopic (exact) mass is 507 g/mol. The minimum Gasteiger partial charge on any atom is -0.493 e. The van der Waals surface area contributed by atoms with E-state index in [1.54, 1.807) is 32.4 Å². The zero-order valence-corrected chi connectivity index (χ0v) is 22.3. The van der Waals surface area contributed by atoms with E-state index in [0.717, 1.165) is 28.3 Å². The summed E-state index contributed by atoms with van der Waals surface area (Å²) < 4.78 is 27.6. The number of rotatable bonds is 11. The highest BCUT2D eigenvalue weighted by Gasteiger charge is 2.15. The third-order valence-corrected chi connectivity index (χ3v) is 5.79. The molecule has 196 valence electrons. The van der Waals surface area contributed by atoms with E-state index in [1.165, 1.54) is 20.3 Å². The predicted molar refractivity (Wildman–Crippen MR) is 141 cm³/mol. The Morgan fingerprint density at radius 2 is 1.49 bits per heavy atom. The number of benzene rings is 2. The van der Waals surface area contributed by atoms with Gasteiger partial charge in [-0.1, -0.05) is 6.07 Å². The van der Waals surface area contributed by atoms with Gasteiger partial charge >= 0.3 is 0 Å². The number of hydrogen-bond donors (Lipinski definition) is 1. The van der Waals surface area contributed by atoms with E-state index in [2.05, 4.69) is 15.3 Å². The number of nitrogens with one attached hydrogen (secondary N) is 1. The van der Waals surface area contributed by atoms with E-state index in [-0.39, 0.29) is 12.5 Å². The number of aromatic nitrogens is 2. The maximum Gasteiger partial charge on any atom is 0.244 e. The molecule has 3 aromatic rings. The molecule has 0 atom stereocenters. The molecule has 37 heavy (non-hydrogen) atoms. The van der Waals surface area contributed by atoms with Crippen molar-refractivity contribution in [2.75, 3.05) is 28.4 Å². The van der Waals surface area contributed by atoms with Gasteiger partial charge in [0, 0.05) is 18.2 Å². The van der Waals surface area contributed by atoms with E-state index in [4.69, 9.17) is 23.7 Å². The van der Waals surface area contributed by atoms with Gasteiger partial charge in [0.2, 0.25) is 11.7 Å². The van der Waals surface area contributed by atoms with Crippen LogP contribution in [0, 0.1) is 20.8 Å². The van der Waals surface area contributed by atoms with Gasteiger partial charge in [-0.25, -0.2) is 0 Å². The summed E-state index contributed by atoms with van der Waals surface area (Å²) in [7, 11) is 6.19. The average Bonchev–Trinajstić information content (AvgIpc) is 2.91. The first kappa shape index (κ1) is 27.3. The molecule has 0 aliphatic heterocycles. The minimum atomic E-state index is -0.264.